The van der Waals surface area contributed by atoms with E-state index in [-0.39, 0.29) is 4.90 Å². The maximum Gasteiger partial charge on any atom is 0.263 e. The molecule has 2 aromatic rings. The largest absolute Gasteiger partial charge is 0.384 e. The highest BCUT2D eigenvalue weighted by atomic mass is 79.9. The lowest BCUT2D eigenvalue weighted by molar-refractivity contribution is 0.601. The Morgan fingerprint density at radius 1 is 1.14 bits per heavy atom. The SMILES string of the molecule is CCNc1ccccc1S(=O)(=O)Nc1ccc(C)c(Br)c1. The molecule has 6 heteroatoms. The van der Waals surface area contributed by atoms with Gasteiger partial charge in [0, 0.05) is 16.7 Å². The summed E-state index contributed by atoms with van der Waals surface area (Å²) in [4.78, 5) is 0.239. The van der Waals surface area contributed by atoms with Crippen LogP contribution >= 0.6 is 15.9 Å². The van der Waals surface area contributed by atoms with Gasteiger partial charge in [0.25, 0.3) is 10.0 Å². The normalized spacial score (nSPS) is 11.2. The van der Waals surface area contributed by atoms with E-state index in [9.17, 15) is 8.42 Å². The molecular formula is C15H17BrN2O2S. The first kappa shape index (κ1) is 15.9. The lowest BCUT2D eigenvalue weighted by Crippen LogP contribution is -2.15. The molecule has 0 fully saturated rings. The Labute approximate surface area is 133 Å². The molecule has 2 rings (SSSR count). The first-order valence-corrected chi connectivity index (χ1v) is 8.83. The van der Waals surface area contributed by atoms with E-state index >= 15 is 0 Å². The van der Waals surface area contributed by atoms with Crippen LogP contribution in [-0.4, -0.2) is 15.0 Å². The quantitative estimate of drug-likeness (QED) is 0.838. The number of sulfonamides is 1. The number of anilines is 2. The van der Waals surface area contributed by atoms with Crippen LogP contribution in [0, 0.1) is 6.92 Å². The Hall–Kier alpha value is -1.53. The summed E-state index contributed by atoms with van der Waals surface area (Å²) in [5.41, 5.74) is 2.17. The molecule has 0 aliphatic carbocycles. The fraction of sp³-hybridized carbons (Fsp3) is 0.200. The van der Waals surface area contributed by atoms with Gasteiger partial charge in [0.05, 0.1) is 5.69 Å². The molecule has 0 unspecified atom stereocenters. The average Bonchev–Trinajstić information content (AvgIpc) is 2.43. The summed E-state index contributed by atoms with van der Waals surface area (Å²) in [6, 6.07) is 12.2. The minimum Gasteiger partial charge on any atom is -0.384 e. The molecule has 0 saturated carbocycles. The van der Waals surface area contributed by atoms with Crippen molar-refractivity contribution in [3.05, 3.63) is 52.5 Å². The van der Waals surface area contributed by atoms with Gasteiger partial charge in [-0.2, -0.15) is 0 Å². The summed E-state index contributed by atoms with van der Waals surface area (Å²) < 4.78 is 28.5. The zero-order valence-corrected chi connectivity index (χ0v) is 14.3. The van der Waals surface area contributed by atoms with E-state index in [2.05, 4.69) is 26.0 Å². The lowest BCUT2D eigenvalue weighted by Gasteiger charge is -2.13. The van der Waals surface area contributed by atoms with Gasteiger partial charge in [0.1, 0.15) is 4.90 Å². The van der Waals surface area contributed by atoms with Crippen molar-refractivity contribution in [3.8, 4) is 0 Å². The van der Waals surface area contributed by atoms with Crippen LogP contribution < -0.4 is 10.0 Å². The van der Waals surface area contributed by atoms with Crippen molar-refractivity contribution >= 4 is 37.3 Å². The maximum absolute atomic E-state index is 12.5. The lowest BCUT2D eigenvalue weighted by atomic mass is 10.2. The van der Waals surface area contributed by atoms with E-state index in [1.165, 1.54) is 0 Å². The molecule has 0 bridgehead atoms. The van der Waals surface area contributed by atoms with Gasteiger partial charge < -0.3 is 5.32 Å². The Morgan fingerprint density at radius 2 is 1.86 bits per heavy atom. The summed E-state index contributed by atoms with van der Waals surface area (Å²) >= 11 is 3.40. The van der Waals surface area contributed by atoms with Crippen molar-refractivity contribution < 1.29 is 8.42 Å². The monoisotopic (exact) mass is 368 g/mol. The number of aryl methyl sites for hydroxylation is 1. The number of benzene rings is 2. The minimum atomic E-state index is -3.63. The third-order valence-electron chi connectivity index (χ3n) is 2.97. The summed E-state index contributed by atoms with van der Waals surface area (Å²) in [6.07, 6.45) is 0. The molecule has 0 aromatic heterocycles. The van der Waals surface area contributed by atoms with Crippen LogP contribution in [-0.2, 0) is 10.0 Å². The molecule has 0 atom stereocenters. The number of halogens is 1. The van der Waals surface area contributed by atoms with Crippen LogP contribution in [0.15, 0.2) is 51.8 Å². The van der Waals surface area contributed by atoms with Crippen LogP contribution in [0.2, 0.25) is 0 Å². The van der Waals surface area contributed by atoms with Gasteiger partial charge in [0.15, 0.2) is 0 Å². The van der Waals surface area contributed by atoms with E-state index in [0.717, 1.165) is 10.0 Å². The predicted octanol–water partition coefficient (Wildman–Crippen LogP) is 3.99. The fourth-order valence-corrected chi connectivity index (χ4v) is 3.52. The van der Waals surface area contributed by atoms with Crippen molar-refractivity contribution in [2.24, 2.45) is 0 Å². The first-order chi connectivity index (χ1) is 9.94. The van der Waals surface area contributed by atoms with Crippen molar-refractivity contribution in [2.45, 2.75) is 18.7 Å². The van der Waals surface area contributed by atoms with Gasteiger partial charge in [-0.15, -0.1) is 0 Å². The van der Waals surface area contributed by atoms with Gasteiger partial charge in [-0.3, -0.25) is 4.72 Å². The molecule has 0 spiro atoms. The minimum absolute atomic E-state index is 0.239. The molecule has 0 saturated heterocycles. The van der Waals surface area contributed by atoms with E-state index in [4.69, 9.17) is 0 Å². The van der Waals surface area contributed by atoms with Gasteiger partial charge in [0.2, 0.25) is 0 Å². The van der Waals surface area contributed by atoms with Crippen molar-refractivity contribution in [2.75, 3.05) is 16.6 Å². The molecule has 0 heterocycles. The molecule has 0 aliphatic heterocycles. The maximum atomic E-state index is 12.5. The number of hydrogen-bond acceptors (Lipinski definition) is 3. The van der Waals surface area contributed by atoms with Crippen molar-refractivity contribution in [1.82, 2.24) is 0 Å². The van der Waals surface area contributed by atoms with Gasteiger partial charge in [-0.1, -0.05) is 34.1 Å². The smallest absolute Gasteiger partial charge is 0.263 e. The second-order valence-electron chi connectivity index (χ2n) is 4.60. The molecule has 4 nitrogen and oxygen atoms in total. The standard InChI is InChI=1S/C15H17BrN2O2S/c1-3-17-14-6-4-5-7-15(14)21(19,20)18-12-9-8-11(2)13(16)10-12/h4-10,17-18H,3H2,1-2H3. The predicted molar refractivity (Wildman–Crippen MR) is 90.3 cm³/mol. The second-order valence-corrected chi connectivity index (χ2v) is 7.10. The molecule has 2 N–H and O–H groups in total. The molecule has 21 heavy (non-hydrogen) atoms. The average molecular weight is 369 g/mol. The first-order valence-electron chi connectivity index (χ1n) is 6.56. The summed E-state index contributed by atoms with van der Waals surface area (Å²) in [5.74, 6) is 0. The third kappa shape index (κ3) is 3.77. The Kier molecular flexibility index (Phi) is 4.90. The number of para-hydroxylation sites is 1. The Balaban J connectivity index is 2.36. The topological polar surface area (TPSA) is 58.2 Å². The van der Waals surface area contributed by atoms with E-state index in [1.54, 1.807) is 36.4 Å². The molecular weight excluding hydrogens is 352 g/mol. The number of rotatable bonds is 5. The number of nitrogens with one attached hydrogen (secondary N) is 2. The zero-order valence-electron chi connectivity index (χ0n) is 11.9. The second kappa shape index (κ2) is 6.49. The van der Waals surface area contributed by atoms with Crippen LogP contribution in [0.5, 0.6) is 0 Å². The third-order valence-corrected chi connectivity index (χ3v) is 5.26. The Bertz CT molecular complexity index is 745. The van der Waals surface area contributed by atoms with Gasteiger partial charge in [-0.25, -0.2) is 8.42 Å². The summed E-state index contributed by atoms with van der Waals surface area (Å²) in [6.45, 7) is 4.53. The summed E-state index contributed by atoms with van der Waals surface area (Å²) in [7, 11) is -3.63. The van der Waals surface area contributed by atoms with Crippen LogP contribution in [0.1, 0.15) is 12.5 Å². The van der Waals surface area contributed by atoms with E-state index < -0.39 is 10.0 Å². The highest BCUT2D eigenvalue weighted by Crippen LogP contribution is 2.26. The van der Waals surface area contributed by atoms with Crippen LogP contribution in [0.3, 0.4) is 0 Å². The van der Waals surface area contributed by atoms with Gasteiger partial charge >= 0.3 is 0 Å². The molecule has 112 valence electrons. The highest BCUT2D eigenvalue weighted by molar-refractivity contribution is 9.10. The summed E-state index contributed by atoms with van der Waals surface area (Å²) in [5, 5.41) is 3.06. The Morgan fingerprint density at radius 3 is 2.52 bits per heavy atom. The molecule has 0 aliphatic rings. The van der Waals surface area contributed by atoms with Crippen molar-refractivity contribution in [3.63, 3.8) is 0 Å². The zero-order chi connectivity index (χ0) is 15.5. The van der Waals surface area contributed by atoms with Crippen molar-refractivity contribution in [1.29, 1.82) is 0 Å². The molecule has 0 amide bonds. The highest BCUT2D eigenvalue weighted by Gasteiger charge is 2.18. The van der Waals surface area contributed by atoms with Gasteiger partial charge in [-0.05, 0) is 43.7 Å². The molecule has 2 aromatic carbocycles. The van der Waals surface area contributed by atoms with E-state index in [1.807, 2.05) is 19.9 Å². The fourth-order valence-electron chi connectivity index (χ4n) is 1.90. The number of hydrogen-bond donors (Lipinski definition) is 2. The van der Waals surface area contributed by atoms with Crippen LogP contribution in [0.25, 0.3) is 0 Å². The van der Waals surface area contributed by atoms with Crippen LogP contribution in [0.4, 0.5) is 11.4 Å². The molecule has 0 radical (unpaired) electrons. The van der Waals surface area contributed by atoms with E-state index in [0.29, 0.717) is 17.9 Å².